The second kappa shape index (κ2) is 9.72. The van der Waals surface area contributed by atoms with E-state index >= 15 is 0 Å². The molecule has 1 N–H and O–H groups in total. The summed E-state index contributed by atoms with van der Waals surface area (Å²) in [5, 5.41) is 4.99. The molecule has 0 radical (unpaired) electrons. The number of thiophene rings is 1. The van der Waals surface area contributed by atoms with Gasteiger partial charge in [0.25, 0.3) is 5.91 Å². The van der Waals surface area contributed by atoms with E-state index in [1.165, 1.54) is 22.5 Å². The van der Waals surface area contributed by atoms with Gasteiger partial charge in [0.1, 0.15) is 6.04 Å². The molecule has 0 spiro atoms. The van der Waals surface area contributed by atoms with Crippen molar-refractivity contribution < 1.29 is 9.59 Å². The number of amides is 2. The lowest BCUT2D eigenvalue weighted by Crippen LogP contribution is -2.46. The minimum atomic E-state index is -0.369. The van der Waals surface area contributed by atoms with Crippen molar-refractivity contribution in [3.8, 4) is 0 Å². The zero-order chi connectivity index (χ0) is 20.8. The summed E-state index contributed by atoms with van der Waals surface area (Å²) in [6.07, 6.45) is 2.40. The van der Waals surface area contributed by atoms with Gasteiger partial charge in [-0.1, -0.05) is 66.7 Å². The normalized spacial score (nSPS) is 16.0. The van der Waals surface area contributed by atoms with E-state index in [9.17, 15) is 9.59 Å². The highest BCUT2D eigenvalue weighted by Gasteiger charge is 2.34. The van der Waals surface area contributed by atoms with Gasteiger partial charge >= 0.3 is 0 Å². The van der Waals surface area contributed by atoms with E-state index in [-0.39, 0.29) is 23.8 Å². The molecule has 1 aliphatic heterocycles. The van der Waals surface area contributed by atoms with Gasteiger partial charge in [0.15, 0.2) is 0 Å². The fourth-order valence-electron chi connectivity index (χ4n) is 4.18. The van der Waals surface area contributed by atoms with Gasteiger partial charge in [-0.25, -0.2) is 0 Å². The monoisotopic (exact) mass is 418 g/mol. The molecule has 0 saturated carbocycles. The van der Waals surface area contributed by atoms with Crippen LogP contribution in [0.25, 0.3) is 0 Å². The molecule has 0 bridgehead atoms. The molecule has 0 aliphatic carbocycles. The zero-order valence-electron chi connectivity index (χ0n) is 16.9. The van der Waals surface area contributed by atoms with E-state index in [0.717, 1.165) is 19.3 Å². The highest BCUT2D eigenvalue weighted by atomic mass is 32.1. The number of carbonyl (C=O) groups is 2. The molecule has 2 amide bonds. The van der Waals surface area contributed by atoms with Crippen LogP contribution in [0.4, 0.5) is 0 Å². The predicted molar refractivity (Wildman–Crippen MR) is 121 cm³/mol. The summed E-state index contributed by atoms with van der Waals surface area (Å²) in [4.78, 5) is 28.0. The molecule has 30 heavy (non-hydrogen) atoms. The number of hydrogen-bond donors (Lipinski definition) is 1. The van der Waals surface area contributed by atoms with Crippen molar-refractivity contribution in [1.29, 1.82) is 0 Å². The quantitative estimate of drug-likeness (QED) is 0.605. The maximum Gasteiger partial charge on any atom is 0.264 e. The van der Waals surface area contributed by atoms with Crippen LogP contribution in [0.1, 0.15) is 46.0 Å². The smallest absolute Gasteiger partial charge is 0.264 e. The third-order valence-electron chi connectivity index (χ3n) is 5.68. The van der Waals surface area contributed by atoms with E-state index in [4.69, 9.17) is 0 Å². The number of nitrogens with one attached hydrogen (secondary N) is 1. The molecule has 4 rings (SSSR count). The number of likely N-dealkylation sites (tertiary alicyclic amines) is 1. The Balaban J connectivity index is 1.39. The van der Waals surface area contributed by atoms with Gasteiger partial charge in [0, 0.05) is 19.0 Å². The van der Waals surface area contributed by atoms with Gasteiger partial charge in [-0.2, -0.15) is 0 Å². The number of carbonyl (C=O) groups excluding carboxylic acids is 2. The maximum atomic E-state index is 12.9. The zero-order valence-corrected chi connectivity index (χ0v) is 17.7. The van der Waals surface area contributed by atoms with E-state index in [1.54, 1.807) is 4.90 Å². The Labute approximate surface area is 181 Å². The lowest BCUT2D eigenvalue weighted by molar-refractivity contribution is -0.124. The lowest BCUT2D eigenvalue weighted by atomic mass is 9.88. The summed E-state index contributed by atoms with van der Waals surface area (Å²) < 4.78 is 0. The first kappa shape index (κ1) is 20.4. The average molecular weight is 419 g/mol. The van der Waals surface area contributed by atoms with E-state index < -0.39 is 0 Å². The third-order valence-corrected chi connectivity index (χ3v) is 6.54. The van der Waals surface area contributed by atoms with Crippen molar-refractivity contribution in [2.24, 2.45) is 0 Å². The summed E-state index contributed by atoms with van der Waals surface area (Å²) in [5.41, 5.74) is 2.49. The minimum absolute atomic E-state index is 0.0332. The largest absolute Gasteiger partial charge is 0.354 e. The Morgan fingerprint density at radius 1 is 0.967 bits per heavy atom. The SMILES string of the molecule is O=C(NCCC(c1ccccc1)c1ccccc1)[C@H]1CCCN1C(=O)c1cccs1. The van der Waals surface area contributed by atoms with E-state index in [2.05, 4.69) is 53.8 Å². The number of nitrogens with zero attached hydrogens (tertiary/aromatic N) is 1. The highest BCUT2D eigenvalue weighted by molar-refractivity contribution is 7.12. The van der Waals surface area contributed by atoms with Crippen LogP contribution in [0.15, 0.2) is 78.2 Å². The Morgan fingerprint density at radius 3 is 2.23 bits per heavy atom. The van der Waals surface area contributed by atoms with E-state index in [1.807, 2.05) is 29.6 Å². The summed E-state index contributed by atoms with van der Waals surface area (Å²) >= 11 is 1.43. The van der Waals surface area contributed by atoms with Crippen LogP contribution in [0.2, 0.25) is 0 Å². The summed E-state index contributed by atoms with van der Waals surface area (Å²) in [6.45, 7) is 1.22. The molecule has 1 aliphatic rings. The molecular weight excluding hydrogens is 392 g/mol. The minimum Gasteiger partial charge on any atom is -0.354 e. The van der Waals surface area contributed by atoms with Crippen LogP contribution in [0.3, 0.4) is 0 Å². The standard InChI is InChI=1S/C25H26N2O2S/c28-24(22-13-7-17-27(22)25(29)23-14-8-18-30-23)26-16-15-21(19-9-3-1-4-10-19)20-11-5-2-6-12-20/h1-6,8-12,14,18,21-22H,7,13,15-17H2,(H,26,28)/t22-/m1/s1. The average Bonchev–Trinajstić information content (AvgIpc) is 3.50. The molecule has 3 aromatic rings. The number of benzene rings is 2. The van der Waals surface area contributed by atoms with Gasteiger partial charge < -0.3 is 10.2 Å². The Hall–Kier alpha value is -2.92. The fourth-order valence-corrected chi connectivity index (χ4v) is 4.86. The van der Waals surface area contributed by atoms with Gasteiger partial charge in [-0.15, -0.1) is 11.3 Å². The molecule has 1 atom stereocenters. The first-order chi connectivity index (χ1) is 14.7. The van der Waals surface area contributed by atoms with Crippen molar-refractivity contribution in [1.82, 2.24) is 10.2 Å². The fraction of sp³-hybridized carbons (Fsp3) is 0.280. The predicted octanol–water partition coefficient (Wildman–Crippen LogP) is 4.69. The van der Waals surface area contributed by atoms with Crippen molar-refractivity contribution in [2.75, 3.05) is 13.1 Å². The van der Waals surface area contributed by atoms with Crippen molar-refractivity contribution >= 4 is 23.2 Å². The van der Waals surface area contributed by atoms with Crippen molar-refractivity contribution in [3.05, 3.63) is 94.2 Å². The second-order valence-electron chi connectivity index (χ2n) is 7.59. The molecule has 5 heteroatoms. The van der Waals surface area contributed by atoms with Gasteiger partial charge in [0.05, 0.1) is 4.88 Å². The van der Waals surface area contributed by atoms with Gasteiger partial charge in [-0.05, 0) is 41.8 Å². The first-order valence-electron chi connectivity index (χ1n) is 10.5. The van der Waals surface area contributed by atoms with E-state index in [0.29, 0.717) is 18.0 Å². The molecular formula is C25H26N2O2S. The molecule has 154 valence electrons. The Kier molecular flexibility index (Phi) is 6.60. The Morgan fingerprint density at radius 2 is 1.63 bits per heavy atom. The van der Waals surface area contributed by atoms with Gasteiger partial charge in [0.2, 0.25) is 5.91 Å². The van der Waals surface area contributed by atoms with Crippen LogP contribution in [-0.4, -0.2) is 35.8 Å². The number of hydrogen-bond acceptors (Lipinski definition) is 3. The van der Waals surface area contributed by atoms with Crippen molar-refractivity contribution in [3.63, 3.8) is 0 Å². The lowest BCUT2D eigenvalue weighted by Gasteiger charge is -2.24. The number of rotatable bonds is 7. The molecule has 1 saturated heterocycles. The first-order valence-corrected chi connectivity index (χ1v) is 11.3. The van der Waals surface area contributed by atoms with Crippen LogP contribution in [0, 0.1) is 0 Å². The Bertz CT molecular complexity index is 918. The van der Waals surface area contributed by atoms with Crippen LogP contribution >= 0.6 is 11.3 Å². The van der Waals surface area contributed by atoms with Crippen LogP contribution < -0.4 is 5.32 Å². The van der Waals surface area contributed by atoms with Gasteiger partial charge in [-0.3, -0.25) is 9.59 Å². The summed E-state index contributed by atoms with van der Waals surface area (Å²) in [6, 6.07) is 24.1. The second-order valence-corrected chi connectivity index (χ2v) is 8.54. The summed E-state index contributed by atoms with van der Waals surface area (Å²) in [5.74, 6) is 0.145. The van der Waals surface area contributed by atoms with Crippen LogP contribution in [-0.2, 0) is 4.79 Å². The highest BCUT2D eigenvalue weighted by Crippen LogP contribution is 2.27. The molecule has 1 aromatic heterocycles. The molecule has 0 unspecified atom stereocenters. The molecule has 2 heterocycles. The molecule has 2 aromatic carbocycles. The van der Waals surface area contributed by atoms with Crippen molar-refractivity contribution in [2.45, 2.75) is 31.2 Å². The van der Waals surface area contributed by atoms with Crippen LogP contribution in [0.5, 0.6) is 0 Å². The molecule has 4 nitrogen and oxygen atoms in total. The topological polar surface area (TPSA) is 49.4 Å². The summed E-state index contributed by atoms with van der Waals surface area (Å²) in [7, 11) is 0. The maximum absolute atomic E-state index is 12.9. The molecule has 1 fully saturated rings. The third kappa shape index (κ3) is 4.62.